The average Bonchev–Trinajstić information content (AvgIpc) is 2.75. The largest absolute Gasteiger partial charge is 0.496 e. The first-order valence-electron chi connectivity index (χ1n) is 10.4. The van der Waals surface area contributed by atoms with Gasteiger partial charge in [0.05, 0.1) is 7.11 Å². The van der Waals surface area contributed by atoms with Gasteiger partial charge in [-0.25, -0.2) is 4.98 Å². The van der Waals surface area contributed by atoms with E-state index in [9.17, 15) is 0 Å². The van der Waals surface area contributed by atoms with Crippen LogP contribution in [0.2, 0.25) is 0 Å². The number of piperidine rings is 1. The second kappa shape index (κ2) is 10.1. The molecule has 0 spiro atoms. The third-order valence-corrected chi connectivity index (χ3v) is 5.49. The first kappa shape index (κ1) is 21.0. The van der Waals surface area contributed by atoms with Crippen molar-refractivity contribution < 1.29 is 4.74 Å². The maximum absolute atomic E-state index is 5.48. The van der Waals surface area contributed by atoms with Crippen LogP contribution in [-0.4, -0.2) is 38.2 Å². The van der Waals surface area contributed by atoms with Gasteiger partial charge in [-0.3, -0.25) is 4.99 Å². The molecule has 2 N–H and O–H groups in total. The number of rotatable bonds is 6. The van der Waals surface area contributed by atoms with Crippen molar-refractivity contribution in [1.29, 1.82) is 0 Å². The van der Waals surface area contributed by atoms with Crippen LogP contribution in [-0.2, 0) is 13.1 Å². The molecule has 1 aliphatic rings. The van der Waals surface area contributed by atoms with Gasteiger partial charge in [-0.15, -0.1) is 0 Å². The van der Waals surface area contributed by atoms with Gasteiger partial charge in [-0.1, -0.05) is 25.1 Å². The van der Waals surface area contributed by atoms with E-state index < -0.39 is 0 Å². The summed E-state index contributed by atoms with van der Waals surface area (Å²) in [4.78, 5) is 11.4. The molecule has 6 heteroatoms. The molecule has 0 atom stereocenters. The van der Waals surface area contributed by atoms with Crippen LogP contribution in [0.5, 0.6) is 5.75 Å². The summed E-state index contributed by atoms with van der Waals surface area (Å²) >= 11 is 0. The first-order valence-corrected chi connectivity index (χ1v) is 10.4. The van der Waals surface area contributed by atoms with Crippen LogP contribution in [0, 0.1) is 12.8 Å². The highest BCUT2D eigenvalue weighted by atomic mass is 16.5. The Kier molecular flexibility index (Phi) is 7.33. The molecule has 29 heavy (non-hydrogen) atoms. The van der Waals surface area contributed by atoms with Crippen molar-refractivity contribution in [2.75, 3.05) is 32.1 Å². The fourth-order valence-corrected chi connectivity index (χ4v) is 3.53. The zero-order valence-corrected chi connectivity index (χ0v) is 18.0. The second-order valence-electron chi connectivity index (χ2n) is 7.79. The van der Waals surface area contributed by atoms with Gasteiger partial charge in [0.2, 0.25) is 0 Å². The minimum Gasteiger partial charge on any atom is -0.496 e. The molecule has 1 aromatic carbocycles. The van der Waals surface area contributed by atoms with Crippen LogP contribution in [0.3, 0.4) is 0 Å². The van der Waals surface area contributed by atoms with Gasteiger partial charge in [0.15, 0.2) is 5.96 Å². The summed E-state index contributed by atoms with van der Waals surface area (Å²) in [6.45, 7) is 7.92. The van der Waals surface area contributed by atoms with E-state index in [2.05, 4.69) is 63.6 Å². The van der Waals surface area contributed by atoms with Crippen molar-refractivity contribution in [2.45, 2.75) is 39.8 Å². The van der Waals surface area contributed by atoms with Crippen molar-refractivity contribution in [1.82, 2.24) is 15.6 Å². The molecule has 0 aliphatic carbocycles. The lowest BCUT2D eigenvalue weighted by atomic mass is 9.99. The number of methoxy groups -OCH3 is 1. The molecule has 1 fully saturated rings. The van der Waals surface area contributed by atoms with Crippen LogP contribution in [0.25, 0.3) is 0 Å². The van der Waals surface area contributed by atoms with Gasteiger partial charge >= 0.3 is 0 Å². The van der Waals surface area contributed by atoms with Crippen molar-refractivity contribution in [2.24, 2.45) is 10.9 Å². The molecule has 2 aromatic rings. The number of nitrogens with zero attached hydrogens (tertiary/aromatic N) is 3. The average molecular weight is 396 g/mol. The SMILES string of the molecule is CN=C(NCc1ccc(N2CCC(C)CC2)nc1)NCc1ccc(C)cc1OC. The minimum absolute atomic E-state index is 0.647. The number of benzene rings is 1. The Labute approximate surface area is 174 Å². The Bertz CT molecular complexity index is 811. The van der Waals surface area contributed by atoms with E-state index in [0.717, 1.165) is 47.7 Å². The van der Waals surface area contributed by atoms with E-state index in [0.29, 0.717) is 13.1 Å². The standard InChI is InChI=1S/C23H33N5O/c1-17-9-11-28(12-10-17)22-8-6-19(14-25-22)15-26-23(24-3)27-16-20-7-5-18(2)13-21(20)29-4/h5-8,13-14,17H,9-12,15-16H2,1-4H3,(H2,24,26,27). The first-order chi connectivity index (χ1) is 14.1. The predicted octanol–water partition coefficient (Wildman–Crippen LogP) is 3.50. The fourth-order valence-electron chi connectivity index (χ4n) is 3.53. The summed E-state index contributed by atoms with van der Waals surface area (Å²) in [6, 6.07) is 10.5. The Hall–Kier alpha value is -2.76. The van der Waals surface area contributed by atoms with Gasteiger partial charge in [-0.2, -0.15) is 0 Å². The molecular formula is C23H33N5O. The van der Waals surface area contributed by atoms with Crippen molar-refractivity contribution >= 4 is 11.8 Å². The minimum atomic E-state index is 0.647. The zero-order chi connectivity index (χ0) is 20.6. The lowest BCUT2D eigenvalue weighted by Gasteiger charge is -2.31. The molecule has 0 unspecified atom stereocenters. The summed E-state index contributed by atoms with van der Waals surface area (Å²) in [7, 11) is 3.48. The molecule has 0 bridgehead atoms. The second-order valence-corrected chi connectivity index (χ2v) is 7.79. The molecule has 0 saturated carbocycles. The number of aromatic nitrogens is 1. The molecule has 0 radical (unpaired) electrons. The highest BCUT2D eigenvalue weighted by molar-refractivity contribution is 5.79. The number of hydrogen-bond donors (Lipinski definition) is 2. The van der Waals surface area contributed by atoms with Crippen LogP contribution < -0.4 is 20.3 Å². The summed E-state index contributed by atoms with van der Waals surface area (Å²) in [5.74, 6) is 3.55. The van der Waals surface area contributed by atoms with E-state index in [1.54, 1.807) is 14.2 Å². The maximum atomic E-state index is 5.48. The van der Waals surface area contributed by atoms with Gasteiger partial charge in [0.25, 0.3) is 0 Å². The van der Waals surface area contributed by atoms with Gasteiger partial charge in [0, 0.05) is 45.0 Å². The molecule has 0 amide bonds. The Morgan fingerprint density at radius 3 is 2.59 bits per heavy atom. The lowest BCUT2D eigenvalue weighted by Crippen LogP contribution is -2.36. The number of nitrogens with one attached hydrogen (secondary N) is 2. The number of anilines is 1. The molecule has 1 aromatic heterocycles. The van der Waals surface area contributed by atoms with E-state index in [1.807, 2.05) is 12.3 Å². The third-order valence-electron chi connectivity index (χ3n) is 5.49. The summed E-state index contributed by atoms with van der Waals surface area (Å²) < 4.78 is 5.48. The molecule has 3 rings (SSSR count). The van der Waals surface area contributed by atoms with Crippen LogP contribution in [0.1, 0.15) is 36.5 Å². The van der Waals surface area contributed by atoms with Crippen molar-refractivity contribution in [3.05, 3.63) is 53.2 Å². The van der Waals surface area contributed by atoms with Crippen LogP contribution in [0.15, 0.2) is 41.5 Å². The smallest absolute Gasteiger partial charge is 0.191 e. The number of aliphatic imine (C=N–C) groups is 1. The zero-order valence-electron chi connectivity index (χ0n) is 18.0. The molecule has 156 valence electrons. The van der Waals surface area contributed by atoms with E-state index >= 15 is 0 Å². The van der Waals surface area contributed by atoms with Crippen LogP contribution in [0.4, 0.5) is 5.82 Å². The summed E-state index contributed by atoms with van der Waals surface area (Å²) in [5.41, 5.74) is 3.42. The molecule has 2 heterocycles. The third kappa shape index (κ3) is 5.86. The highest BCUT2D eigenvalue weighted by Gasteiger charge is 2.16. The predicted molar refractivity (Wildman–Crippen MR) is 120 cm³/mol. The number of aryl methyl sites for hydroxylation is 1. The quantitative estimate of drug-likeness (QED) is 0.579. The van der Waals surface area contributed by atoms with E-state index in [-0.39, 0.29) is 0 Å². The molecule has 1 saturated heterocycles. The monoisotopic (exact) mass is 395 g/mol. The number of hydrogen-bond acceptors (Lipinski definition) is 4. The van der Waals surface area contributed by atoms with Gasteiger partial charge in [-0.05, 0) is 48.9 Å². The normalized spacial score (nSPS) is 15.3. The summed E-state index contributed by atoms with van der Waals surface area (Å²) in [6.07, 6.45) is 4.45. The van der Waals surface area contributed by atoms with Crippen LogP contribution >= 0.6 is 0 Å². The fraction of sp³-hybridized carbons (Fsp3) is 0.478. The maximum Gasteiger partial charge on any atom is 0.191 e. The van der Waals surface area contributed by atoms with Crippen molar-refractivity contribution in [3.63, 3.8) is 0 Å². The van der Waals surface area contributed by atoms with E-state index in [1.165, 1.54) is 18.4 Å². The lowest BCUT2D eigenvalue weighted by molar-refractivity contribution is 0.408. The number of pyridine rings is 1. The van der Waals surface area contributed by atoms with E-state index in [4.69, 9.17) is 4.74 Å². The molecule has 6 nitrogen and oxygen atoms in total. The highest BCUT2D eigenvalue weighted by Crippen LogP contribution is 2.21. The number of guanidine groups is 1. The Morgan fingerprint density at radius 1 is 1.17 bits per heavy atom. The Morgan fingerprint density at radius 2 is 1.93 bits per heavy atom. The number of ether oxygens (including phenoxy) is 1. The van der Waals surface area contributed by atoms with Gasteiger partial charge in [0.1, 0.15) is 11.6 Å². The summed E-state index contributed by atoms with van der Waals surface area (Å²) in [5, 5.41) is 6.70. The van der Waals surface area contributed by atoms with Gasteiger partial charge < -0.3 is 20.3 Å². The van der Waals surface area contributed by atoms with Crippen molar-refractivity contribution in [3.8, 4) is 5.75 Å². The molecular weight excluding hydrogens is 362 g/mol. The topological polar surface area (TPSA) is 61.8 Å². The molecule has 1 aliphatic heterocycles. The Balaban J connectivity index is 1.50.